The van der Waals surface area contributed by atoms with Crippen LogP contribution >= 0.6 is 0 Å². The van der Waals surface area contributed by atoms with Gasteiger partial charge in [-0.15, -0.1) is 0 Å². The topological polar surface area (TPSA) is 50.3 Å². The Morgan fingerprint density at radius 3 is 2.82 bits per heavy atom. The van der Waals surface area contributed by atoms with Gasteiger partial charge in [-0.05, 0) is 18.6 Å². The molecule has 1 N–H and O–H groups in total. The Hall–Kier alpha value is -2.30. The Labute approximate surface area is 132 Å². The minimum absolute atomic E-state index is 0.631. The molecule has 0 spiro atoms. The van der Waals surface area contributed by atoms with Crippen LogP contribution in [0.3, 0.4) is 0 Å². The number of unbranched alkanes of at least 4 members (excludes halogenated alkanes) is 1. The molecule has 5 nitrogen and oxygen atoms in total. The molecule has 0 saturated heterocycles. The average Bonchev–Trinajstić information content (AvgIpc) is 2.58. The van der Waals surface area contributed by atoms with Gasteiger partial charge < -0.3 is 15.0 Å². The molecule has 0 bridgehead atoms. The van der Waals surface area contributed by atoms with Gasteiger partial charge in [-0.3, -0.25) is 0 Å². The molecule has 1 aromatic carbocycles. The molecule has 0 radical (unpaired) electrons. The molecule has 5 heteroatoms. The Kier molecular flexibility index (Phi) is 6.01. The largest absolute Gasteiger partial charge is 0.496 e. The second-order valence-corrected chi connectivity index (χ2v) is 5.18. The highest BCUT2D eigenvalue weighted by Crippen LogP contribution is 2.18. The van der Waals surface area contributed by atoms with Crippen molar-refractivity contribution in [2.24, 2.45) is 0 Å². The molecule has 0 fully saturated rings. The molecular weight excluding hydrogens is 276 g/mol. The maximum atomic E-state index is 5.35. The lowest BCUT2D eigenvalue weighted by Crippen LogP contribution is -2.20. The number of rotatable bonds is 8. The zero-order valence-corrected chi connectivity index (χ0v) is 13.5. The van der Waals surface area contributed by atoms with Crippen molar-refractivity contribution in [3.05, 3.63) is 42.1 Å². The lowest BCUT2D eigenvalue weighted by atomic mass is 10.2. The van der Waals surface area contributed by atoms with E-state index in [-0.39, 0.29) is 0 Å². The number of nitrogens with zero attached hydrogens (tertiary/aromatic N) is 3. The van der Waals surface area contributed by atoms with Gasteiger partial charge in [0.1, 0.15) is 11.6 Å². The van der Waals surface area contributed by atoms with Crippen molar-refractivity contribution in [2.75, 3.05) is 30.9 Å². The van der Waals surface area contributed by atoms with Gasteiger partial charge in [0.2, 0.25) is 5.95 Å². The van der Waals surface area contributed by atoms with Crippen LogP contribution < -0.4 is 15.0 Å². The number of anilines is 2. The van der Waals surface area contributed by atoms with Crippen LogP contribution in [0, 0.1) is 0 Å². The van der Waals surface area contributed by atoms with Crippen molar-refractivity contribution < 1.29 is 4.74 Å². The highest BCUT2D eigenvalue weighted by molar-refractivity contribution is 5.43. The van der Waals surface area contributed by atoms with Gasteiger partial charge in [0.15, 0.2) is 0 Å². The second kappa shape index (κ2) is 8.22. The molecule has 1 heterocycles. The highest BCUT2D eigenvalue weighted by Gasteiger charge is 2.06. The summed E-state index contributed by atoms with van der Waals surface area (Å²) in [6, 6.07) is 9.87. The van der Waals surface area contributed by atoms with Gasteiger partial charge in [0, 0.05) is 31.9 Å². The summed E-state index contributed by atoms with van der Waals surface area (Å²) < 4.78 is 5.35. The number of nitrogens with one attached hydrogen (secondary N) is 1. The first kappa shape index (κ1) is 16.1. The van der Waals surface area contributed by atoms with Gasteiger partial charge in [-0.25, -0.2) is 4.98 Å². The average molecular weight is 300 g/mol. The van der Waals surface area contributed by atoms with Crippen molar-refractivity contribution in [1.29, 1.82) is 0 Å². The molecule has 118 valence electrons. The standard InChI is InChI=1S/C17H24N4O/c1-4-5-12-21(2)16-10-11-18-17(20-16)19-13-14-8-6-7-9-15(14)22-3/h6-11H,4-5,12-13H2,1-3H3,(H,18,19,20). The predicted octanol–water partition coefficient (Wildman–Crippen LogP) is 3.33. The molecule has 1 aromatic heterocycles. The van der Waals surface area contributed by atoms with Gasteiger partial charge in [0.05, 0.1) is 7.11 Å². The van der Waals surface area contributed by atoms with Crippen LogP contribution in [0.2, 0.25) is 0 Å². The maximum absolute atomic E-state index is 5.35. The van der Waals surface area contributed by atoms with Crippen LogP contribution in [0.15, 0.2) is 36.5 Å². The van der Waals surface area contributed by atoms with E-state index in [0.717, 1.165) is 30.1 Å². The number of para-hydroxylation sites is 1. The van der Waals surface area contributed by atoms with Crippen molar-refractivity contribution in [3.63, 3.8) is 0 Å². The van der Waals surface area contributed by atoms with E-state index in [0.29, 0.717) is 12.5 Å². The van der Waals surface area contributed by atoms with E-state index >= 15 is 0 Å². The lowest BCUT2D eigenvalue weighted by Gasteiger charge is -2.18. The Morgan fingerprint density at radius 1 is 1.23 bits per heavy atom. The van der Waals surface area contributed by atoms with E-state index in [4.69, 9.17) is 4.74 Å². The van der Waals surface area contributed by atoms with Crippen LogP contribution in [0.5, 0.6) is 5.75 Å². The smallest absolute Gasteiger partial charge is 0.224 e. The molecule has 0 atom stereocenters. The first-order valence-corrected chi connectivity index (χ1v) is 7.64. The zero-order valence-electron chi connectivity index (χ0n) is 13.5. The van der Waals surface area contributed by atoms with Crippen LogP contribution in [0.1, 0.15) is 25.3 Å². The van der Waals surface area contributed by atoms with Crippen LogP contribution in [-0.4, -0.2) is 30.7 Å². The quantitative estimate of drug-likeness (QED) is 0.810. The summed E-state index contributed by atoms with van der Waals surface area (Å²) in [6.45, 7) is 3.82. The maximum Gasteiger partial charge on any atom is 0.224 e. The number of aromatic nitrogens is 2. The van der Waals surface area contributed by atoms with E-state index in [1.54, 1.807) is 13.3 Å². The van der Waals surface area contributed by atoms with Gasteiger partial charge in [-0.2, -0.15) is 4.98 Å². The fourth-order valence-corrected chi connectivity index (χ4v) is 2.18. The van der Waals surface area contributed by atoms with Gasteiger partial charge in [0.25, 0.3) is 0 Å². The number of methoxy groups -OCH3 is 1. The molecule has 0 aliphatic rings. The minimum Gasteiger partial charge on any atom is -0.496 e. The Bertz CT molecular complexity index is 588. The monoisotopic (exact) mass is 300 g/mol. The van der Waals surface area contributed by atoms with Gasteiger partial charge in [-0.1, -0.05) is 31.5 Å². The van der Waals surface area contributed by atoms with E-state index < -0.39 is 0 Å². The normalized spacial score (nSPS) is 10.3. The number of hydrogen-bond donors (Lipinski definition) is 1. The summed E-state index contributed by atoms with van der Waals surface area (Å²) in [6.07, 6.45) is 4.12. The van der Waals surface area contributed by atoms with Crippen molar-refractivity contribution in [2.45, 2.75) is 26.3 Å². The summed E-state index contributed by atoms with van der Waals surface area (Å²) in [5, 5.41) is 3.26. The molecule has 2 aromatic rings. The summed E-state index contributed by atoms with van der Waals surface area (Å²) in [5.74, 6) is 2.43. The number of benzene rings is 1. The fraction of sp³-hybridized carbons (Fsp3) is 0.412. The lowest BCUT2D eigenvalue weighted by molar-refractivity contribution is 0.410. The summed E-state index contributed by atoms with van der Waals surface area (Å²) in [5.41, 5.74) is 1.08. The molecule has 0 saturated carbocycles. The van der Waals surface area contributed by atoms with E-state index in [9.17, 15) is 0 Å². The minimum atomic E-state index is 0.631. The zero-order chi connectivity index (χ0) is 15.8. The SMILES string of the molecule is CCCCN(C)c1ccnc(NCc2ccccc2OC)n1. The summed E-state index contributed by atoms with van der Waals surface area (Å²) >= 11 is 0. The Balaban J connectivity index is 2.01. The fourth-order valence-electron chi connectivity index (χ4n) is 2.18. The first-order valence-electron chi connectivity index (χ1n) is 7.64. The third kappa shape index (κ3) is 4.35. The first-order chi connectivity index (χ1) is 10.7. The molecule has 0 unspecified atom stereocenters. The molecule has 22 heavy (non-hydrogen) atoms. The van der Waals surface area contributed by atoms with Crippen molar-refractivity contribution in [3.8, 4) is 5.75 Å². The third-order valence-electron chi connectivity index (χ3n) is 3.51. The number of hydrogen-bond acceptors (Lipinski definition) is 5. The van der Waals surface area contributed by atoms with Gasteiger partial charge >= 0.3 is 0 Å². The molecule has 2 rings (SSSR count). The Morgan fingerprint density at radius 2 is 2.05 bits per heavy atom. The van der Waals surface area contributed by atoms with Crippen molar-refractivity contribution in [1.82, 2.24) is 9.97 Å². The highest BCUT2D eigenvalue weighted by atomic mass is 16.5. The van der Waals surface area contributed by atoms with Crippen molar-refractivity contribution >= 4 is 11.8 Å². The van der Waals surface area contributed by atoms with E-state index in [1.807, 2.05) is 30.3 Å². The second-order valence-electron chi connectivity index (χ2n) is 5.18. The number of ether oxygens (including phenoxy) is 1. The summed E-state index contributed by atoms with van der Waals surface area (Å²) in [4.78, 5) is 11.0. The molecule has 0 aliphatic carbocycles. The van der Waals surface area contributed by atoms with Crippen LogP contribution in [0.4, 0.5) is 11.8 Å². The van der Waals surface area contributed by atoms with E-state index in [1.165, 1.54) is 6.42 Å². The molecular formula is C17H24N4O. The summed E-state index contributed by atoms with van der Waals surface area (Å²) in [7, 11) is 3.74. The molecule has 0 aliphatic heterocycles. The van der Waals surface area contributed by atoms with Crippen LogP contribution in [0.25, 0.3) is 0 Å². The third-order valence-corrected chi connectivity index (χ3v) is 3.51. The van der Waals surface area contributed by atoms with Crippen LogP contribution in [-0.2, 0) is 6.54 Å². The van der Waals surface area contributed by atoms with E-state index in [2.05, 4.69) is 34.2 Å². The predicted molar refractivity (Wildman–Crippen MR) is 90.5 cm³/mol. The molecule has 0 amide bonds.